The smallest absolute Gasteiger partial charge is 0.235 e. The molecular formula is C22H25N5O2S2. The van der Waals surface area contributed by atoms with Crippen LogP contribution in [0.2, 0.25) is 0 Å². The fraction of sp³-hybridized carbons (Fsp3) is 0.455. The lowest BCUT2D eigenvalue weighted by atomic mass is 10.2. The molecule has 1 fully saturated rings. The summed E-state index contributed by atoms with van der Waals surface area (Å²) >= 11 is 3.03. The Morgan fingerprint density at radius 1 is 1.35 bits per heavy atom. The Labute approximate surface area is 189 Å². The third kappa shape index (κ3) is 4.20. The normalized spacial score (nSPS) is 16.0. The zero-order valence-electron chi connectivity index (χ0n) is 18.1. The molecular weight excluding hydrogens is 430 g/mol. The molecule has 4 heterocycles. The number of carbonyl (C=O) groups is 1. The van der Waals surface area contributed by atoms with Crippen molar-refractivity contribution in [1.29, 1.82) is 5.26 Å². The third-order valence-electron chi connectivity index (χ3n) is 5.88. The van der Waals surface area contributed by atoms with Crippen LogP contribution in [0.15, 0.2) is 11.4 Å². The van der Waals surface area contributed by atoms with Gasteiger partial charge in [-0.05, 0) is 51.7 Å². The molecule has 3 aromatic heterocycles. The molecule has 7 nitrogen and oxygen atoms in total. The minimum atomic E-state index is -0.163. The van der Waals surface area contributed by atoms with E-state index in [0.717, 1.165) is 51.5 Å². The fourth-order valence-corrected chi connectivity index (χ4v) is 5.83. The Balaban J connectivity index is 1.54. The molecule has 0 spiro atoms. The molecule has 1 aliphatic rings. The fourth-order valence-electron chi connectivity index (χ4n) is 3.91. The quantitative estimate of drug-likeness (QED) is 0.434. The monoisotopic (exact) mass is 455 g/mol. The standard InChI is InChI=1S/C22H25N5O2S2/c1-12-14(3)27(9-16-6-5-7-29-16)20(17(12)8-23)26-18(28)10-30-21-19-13(2)15(4)31-22(19)25-11-24-21/h11,16H,5-7,9-10H2,1-4H3,(H,26,28). The van der Waals surface area contributed by atoms with Crippen LogP contribution in [0.1, 0.15) is 40.1 Å². The van der Waals surface area contributed by atoms with Gasteiger partial charge in [-0.25, -0.2) is 9.97 Å². The Kier molecular flexibility index (Phi) is 6.32. The Morgan fingerprint density at radius 3 is 2.87 bits per heavy atom. The molecule has 0 bridgehead atoms. The van der Waals surface area contributed by atoms with Crippen LogP contribution in [0, 0.1) is 39.0 Å². The lowest BCUT2D eigenvalue weighted by Crippen LogP contribution is -2.22. The van der Waals surface area contributed by atoms with E-state index in [2.05, 4.69) is 35.2 Å². The van der Waals surface area contributed by atoms with Crippen molar-refractivity contribution in [2.24, 2.45) is 0 Å². The number of fused-ring (bicyclic) bond motifs is 1. The molecule has 9 heteroatoms. The molecule has 0 aromatic carbocycles. The van der Waals surface area contributed by atoms with Crippen molar-refractivity contribution in [2.45, 2.75) is 58.2 Å². The topological polar surface area (TPSA) is 92.8 Å². The van der Waals surface area contributed by atoms with Crippen molar-refractivity contribution in [3.05, 3.63) is 33.6 Å². The predicted molar refractivity (Wildman–Crippen MR) is 124 cm³/mol. The summed E-state index contributed by atoms with van der Waals surface area (Å²) < 4.78 is 7.80. The van der Waals surface area contributed by atoms with E-state index < -0.39 is 0 Å². The van der Waals surface area contributed by atoms with Crippen LogP contribution >= 0.6 is 23.1 Å². The highest BCUT2D eigenvalue weighted by Gasteiger charge is 2.24. The first kappa shape index (κ1) is 21.8. The highest BCUT2D eigenvalue weighted by Crippen LogP contribution is 2.34. The van der Waals surface area contributed by atoms with Crippen molar-refractivity contribution < 1.29 is 9.53 Å². The molecule has 3 aromatic rings. The van der Waals surface area contributed by atoms with Crippen molar-refractivity contribution in [3.63, 3.8) is 0 Å². The molecule has 31 heavy (non-hydrogen) atoms. The second-order valence-electron chi connectivity index (χ2n) is 7.77. The second kappa shape index (κ2) is 8.99. The maximum Gasteiger partial charge on any atom is 0.235 e. The van der Waals surface area contributed by atoms with E-state index >= 15 is 0 Å². The van der Waals surface area contributed by atoms with Crippen molar-refractivity contribution >= 4 is 45.0 Å². The van der Waals surface area contributed by atoms with Crippen molar-refractivity contribution in [1.82, 2.24) is 14.5 Å². The van der Waals surface area contributed by atoms with Gasteiger partial charge in [0.25, 0.3) is 0 Å². The first-order valence-corrected chi connectivity index (χ1v) is 12.1. The zero-order chi connectivity index (χ0) is 22.1. The molecule has 1 saturated heterocycles. The summed E-state index contributed by atoms with van der Waals surface area (Å²) in [7, 11) is 0. The lowest BCUT2D eigenvalue weighted by molar-refractivity contribution is -0.113. The number of thioether (sulfide) groups is 1. The third-order valence-corrected chi connectivity index (χ3v) is 7.98. The van der Waals surface area contributed by atoms with Crippen molar-refractivity contribution in [3.8, 4) is 6.07 Å². The highest BCUT2D eigenvalue weighted by molar-refractivity contribution is 8.00. The number of carbonyl (C=O) groups excluding carboxylic acids is 1. The van der Waals surface area contributed by atoms with Gasteiger partial charge >= 0.3 is 0 Å². The van der Waals surface area contributed by atoms with Gasteiger partial charge < -0.3 is 14.6 Å². The first-order chi connectivity index (χ1) is 14.9. The summed E-state index contributed by atoms with van der Waals surface area (Å²) in [5.41, 5.74) is 3.55. The van der Waals surface area contributed by atoms with E-state index in [9.17, 15) is 10.1 Å². The maximum absolute atomic E-state index is 12.9. The maximum atomic E-state index is 12.9. The van der Waals surface area contributed by atoms with Gasteiger partial charge in [0.2, 0.25) is 5.91 Å². The molecule has 1 unspecified atom stereocenters. The minimum Gasteiger partial charge on any atom is -0.376 e. The summed E-state index contributed by atoms with van der Waals surface area (Å²) in [6.07, 6.45) is 3.69. The van der Waals surface area contributed by atoms with Gasteiger partial charge in [-0.3, -0.25) is 4.79 Å². The number of rotatable bonds is 6. The minimum absolute atomic E-state index is 0.112. The summed E-state index contributed by atoms with van der Waals surface area (Å²) in [6.45, 7) is 9.43. The van der Waals surface area contributed by atoms with Crippen molar-refractivity contribution in [2.75, 3.05) is 17.7 Å². The van der Waals surface area contributed by atoms with Crippen LogP contribution in [-0.4, -0.2) is 38.9 Å². The largest absolute Gasteiger partial charge is 0.376 e. The summed E-state index contributed by atoms with van der Waals surface area (Å²) in [5.74, 6) is 0.604. The molecule has 1 amide bonds. The molecule has 1 aliphatic heterocycles. The van der Waals surface area contributed by atoms with Crippen LogP contribution in [0.4, 0.5) is 5.82 Å². The van der Waals surface area contributed by atoms with E-state index in [0.29, 0.717) is 17.9 Å². The molecule has 0 saturated carbocycles. The Bertz CT molecular complexity index is 1190. The van der Waals surface area contributed by atoms with E-state index in [1.807, 2.05) is 18.4 Å². The number of nitriles is 1. The van der Waals surface area contributed by atoms with Crippen LogP contribution in [0.25, 0.3) is 10.2 Å². The summed E-state index contributed by atoms with van der Waals surface area (Å²) in [6, 6.07) is 2.26. The number of amides is 1. The number of hydrogen-bond donors (Lipinski definition) is 1. The van der Waals surface area contributed by atoms with Gasteiger partial charge in [-0.1, -0.05) is 11.8 Å². The number of aromatic nitrogens is 3. The van der Waals surface area contributed by atoms with Gasteiger partial charge in [-0.2, -0.15) is 5.26 Å². The second-order valence-corrected chi connectivity index (χ2v) is 9.94. The van der Waals surface area contributed by atoms with Crippen LogP contribution in [0.5, 0.6) is 0 Å². The SMILES string of the molecule is Cc1sc2ncnc(SCC(=O)Nc3c(C#N)c(C)c(C)n3CC3CCCO3)c2c1C. The van der Waals surface area contributed by atoms with E-state index in [1.54, 1.807) is 17.7 Å². The van der Waals surface area contributed by atoms with Gasteiger partial charge in [0.15, 0.2) is 0 Å². The van der Waals surface area contributed by atoms with Gasteiger partial charge in [-0.15, -0.1) is 11.3 Å². The van der Waals surface area contributed by atoms with Gasteiger partial charge in [0.05, 0.1) is 24.0 Å². The summed E-state index contributed by atoms with van der Waals surface area (Å²) in [4.78, 5) is 23.8. The Morgan fingerprint density at radius 2 is 2.16 bits per heavy atom. The van der Waals surface area contributed by atoms with E-state index in [4.69, 9.17) is 4.74 Å². The van der Waals surface area contributed by atoms with Crippen LogP contribution in [0.3, 0.4) is 0 Å². The van der Waals surface area contributed by atoms with E-state index in [1.165, 1.54) is 16.6 Å². The number of nitrogens with zero attached hydrogens (tertiary/aromatic N) is 4. The number of nitrogens with one attached hydrogen (secondary N) is 1. The first-order valence-electron chi connectivity index (χ1n) is 10.3. The lowest BCUT2D eigenvalue weighted by Gasteiger charge is -2.16. The number of thiophene rings is 1. The predicted octanol–water partition coefficient (Wildman–Crippen LogP) is 4.51. The molecule has 1 N–H and O–H groups in total. The zero-order valence-corrected chi connectivity index (χ0v) is 19.7. The molecule has 0 radical (unpaired) electrons. The van der Waals surface area contributed by atoms with Crippen LogP contribution < -0.4 is 5.32 Å². The number of hydrogen-bond acceptors (Lipinski definition) is 7. The molecule has 4 rings (SSSR count). The van der Waals surface area contributed by atoms with Gasteiger partial charge in [0.1, 0.15) is 28.1 Å². The van der Waals surface area contributed by atoms with E-state index in [-0.39, 0.29) is 17.8 Å². The number of aryl methyl sites for hydroxylation is 2. The highest BCUT2D eigenvalue weighted by atomic mass is 32.2. The molecule has 162 valence electrons. The molecule has 1 atom stereocenters. The average molecular weight is 456 g/mol. The Hall–Kier alpha value is -2.41. The molecule has 0 aliphatic carbocycles. The van der Waals surface area contributed by atoms with Gasteiger partial charge in [0, 0.05) is 22.6 Å². The number of ether oxygens (including phenoxy) is 1. The average Bonchev–Trinajstić information content (AvgIpc) is 3.42. The number of anilines is 1. The summed E-state index contributed by atoms with van der Waals surface area (Å²) in [5, 5.41) is 14.5. The van der Waals surface area contributed by atoms with Crippen LogP contribution in [-0.2, 0) is 16.1 Å².